The highest BCUT2D eigenvalue weighted by molar-refractivity contribution is 5.94. The van der Waals surface area contributed by atoms with E-state index >= 15 is 0 Å². The molecule has 0 spiro atoms. The van der Waals surface area contributed by atoms with Crippen molar-refractivity contribution in [2.24, 2.45) is 5.92 Å². The number of likely N-dealkylation sites (tertiary alicyclic amines) is 1. The summed E-state index contributed by atoms with van der Waals surface area (Å²) in [6.45, 7) is 3.69. The first-order chi connectivity index (χ1) is 11.1. The van der Waals surface area contributed by atoms with Crippen molar-refractivity contribution in [1.82, 2.24) is 10.2 Å². The fraction of sp³-hybridized carbons (Fsp3) is 0.444. The molecule has 122 valence electrons. The van der Waals surface area contributed by atoms with Crippen LogP contribution in [0.15, 0.2) is 24.3 Å². The number of hydrogen-bond donors (Lipinski definition) is 1. The van der Waals surface area contributed by atoms with Gasteiger partial charge < -0.3 is 15.0 Å². The maximum absolute atomic E-state index is 12.2. The summed E-state index contributed by atoms with van der Waals surface area (Å²) in [4.78, 5) is 25.6. The van der Waals surface area contributed by atoms with Gasteiger partial charge in [0.15, 0.2) is 0 Å². The summed E-state index contributed by atoms with van der Waals surface area (Å²) >= 11 is 0. The third-order valence-corrected chi connectivity index (χ3v) is 4.02. The van der Waals surface area contributed by atoms with E-state index in [4.69, 9.17) is 4.74 Å². The molecule has 2 amide bonds. The molecule has 0 atom stereocenters. The molecule has 2 rings (SSSR count). The van der Waals surface area contributed by atoms with E-state index in [1.165, 1.54) is 0 Å². The number of rotatable bonds is 4. The normalized spacial score (nSPS) is 14.6. The molecule has 0 aliphatic carbocycles. The average Bonchev–Trinajstić information content (AvgIpc) is 2.60. The Morgan fingerprint density at radius 3 is 2.74 bits per heavy atom. The van der Waals surface area contributed by atoms with Crippen LogP contribution in [0.4, 0.5) is 0 Å². The average molecular weight is 314 g/mol. The summed E-state index contributed by atoms with van der Waals surface area (Å²) in [6, 6.07) is 7.10. The molecule has 5 heteroatoms. The number of nitrogens with one attached hydrogen (secondary N) is 1. The van der Waals surface area contributed by atoms with Crippen molar-refractivity contribution in [1.29, 1.82) is 0 Å². The fourth-order valence-electron chi connectivity index (χ4n) is 2.63. The first kappa shape index (κ1) is 16.9. The Morgan fingerprint density at radius 2 is 2.09 bits per heavy atom. The summed E-state index contributed by atoms with van der Waals surface area (Å²) in [5.74, 6) is 6.06. The van der Waals surface area contributed by atoms with Crippen LogP contribution < -0.4 is 10.1 Å². The zero-order valence-corrected chi connectivity index (χ0v) is 13.6. The van der Waals surface area contributed by atoms with Crippen LogP contribution in [0.1, 0.15) is 30.1 Å². The van der Waals surface area contributed by atoms with E-state index in [-0.39, 0.29) is 11.8 Å². The van der Waals surface area contributed by atoms with Crippen molar-refractivity contribution in [3.8, 4) is 17.6 Å². The molecule has 0 unspecified atom stereocenters. The number of amides is 2. The molecule has 1 heterocycles. The van der Waals surface area contributed by atoms with E-state index in [9.17, 15) is 9.59 Å². The maximum Gasteiger partial charge on any atom is 0.298 e. The number of methoxy groups -OCH3 is 1. The van der Waals surface area contributed by atoms with Gasteiger partial charge in [-0.3, -0.25) is 9.59 Å². The zero-order valence-electron chi connectivity index (χ0n) is 13.6. The standard InChI is InChI=1S/C18H22N2O3/c1-3-5-17(21)20-10-8-14(9-11-20)13-19-18(22)15-6-4-7-16(12-15)23-2/h4,6-7,12,14H,8-11,13H2,1-2H3,(H,19,22). The van der Waals surface area contributed by atoms with E-state index in [1.807, 2.05) is 6.07 Å². The minimum Gasteiger partial charge on any atom is -0.497 e. The first-order valence-corrected chi connectivity index (χ1v) is 7.78. The van der Waals surface area contributed by atoms with Crippen LogP contribution in [0.2, 0.25) is 0 Å². The monoisotopic (exact) mass is 314 g/mol. The van der Waals surface area contributed by atoms with Gasteiger partial charge in [-0.25, -0.2) is 0 Å². The Hall–Kier alpha value is -2.48. The Balaban J connectivity index is 1.79. The van der Waals surface area contributed by atoms with Crippen LogP contribution in [-0.4, -0.2) is 43.5 Å². The number of piperidine rings is 1. The predicted octanol–water partition coefficient (Wildman–Crippen LogP) is 1.69. The highest BCUT2D eigenvalue weighted by Crippen LogP contribution is 2.17. The lowest BCUT2D eigenvalue weighted by Gasteiger charge is -2.30. The zero-order chi connectivity index (χ0) is 16.7. The quantitative estimate of drug-likeness (QED) is 0.860. The molecule has 0 saturated carbocycles. The molecule has 0 radical (unpaired) electrons. The van der Waals surface area contributed by atoms with Crippen LogP contribution >= 0.6 is 0 Å². The lowest BCUT2D eigenvalue weighted by atomic mass is 9.96. The van der Waals surface area contributed by atoms with E-state index in [0.29, 0.717) is 36.9 Å². The van der Waals surface area contributed by atoms with Crippen LogP contribution in [0, 0.1) is 17.8 Å². The fourth-order valence-corrected chi connectivity index (χ4v) is 2.63. The molecule has 5 nitrogen and oxygen atoms in total. The number of hydrogen-bond acceptors (Lipinski definition) is 3. The van der Waals surface area contributed by atoms with Gasteiger partial charge in [0, 0.05) is 25.2 Å². The Labute approximate surface area is 137 Å². The minimum atomic E-state index is -0.105. The molecule has 1 fully saturated rings. The second-order valence-corrected chi connectivity index (χ2v) is 5.55. The van der Waals surface area contributed by atoms with Crippen LogP contribution in [0.5, 0.6) is 5.75 Å². The van der Waals surface area contributed by atoms with E-state index in [0.717, 1.165) is 12.8 Å². The summed E-state index contributed by atoms with van der Waals surface area (Å²) in [7, 11) is 1.58. The topological polar surface area (TPSA) is 58.6 Å². The maximum atomic E-state index is 12.2. The van der Waals surface area contributed by atoms with Crippen molar-refractivity contribution in [3.63, 3.8) is 0 Å². The lowest BCUT2D eigenvalue weighted by molar-refractivity contribution is -0.126. The first-order valence-electron chi connectivity index (χ1n) is 7.78. The minimum absolute atomic E-state index is 0.0979. The number of ether oxygens (including phenoxy) is 1. The van der Waals surface area contributed by atoms with Crippen LogP contribution in [0.3, 0.4) is 0 Å². The molecule has 1 aliphatic heterocycles. The van der Waals surface area contributed by atoms with Crippen molar-refractivity contribution in [3.05, 3.63) is 29.8 Å². The molecule has 1 aromatic carbocycles. The van der Waals surface area contributed by atoms with Gasteiger partial charge in [-0.15, -0.1) is 0 Å². The van der Waals surface area contributed by atoms with Crippen molar-refractivity contribution in [2.45, 2.75) is 19.8 Å². The second kappa shape index (κ2) is 8.23. The van der Waals surface area contributed by atoms with Gasteiger partial charge >= 0.3 is 0 Å². The number of benzene rings is 1. The van der Waals surface area contributed by atoms with Gasteiger partial charge in [0.1, 0.15) is 5.75 Å². The molecule has 1 aromatic rings. The summed E-state index contributed by atoms with van der Waals surface area (Å²) in [5.41, 5.74) is 0.593. The Bertz CT molecular complexity index is 623. The molecular formula is C18H22N2O3. The third kappa shape index (κ3) is 4.75. The Morgan fingerprint density at radius 1 is 1.35 bits per heavy atom. The van der Waals surface area contributed by atoms with Gasteiger partial charge in [-0.1, -0.05) is 12.0 Å². The largest absolute Gasteiger partial charge is 0.497 e. The summed E-state index contributed by atoms with van der Waals surface area (Å²) < 4.78 is 5.13. The molecule has 1 N–H and O–H groups in total. The lowest BCUT2D eigenvalue weighted by Crippen LogP contribution is -2.41. The summed E-state index contributed by atoms with van der Waals surface area (Å²) in [5, 5.41) is 2.96. The Kier molecular flexibility index (Phi) is 6.04. The van der Waals surface area contributed by atoms with Gasteiger partial charge in [0.05, 0.1) is 7.11 Å². The molecule has 0 aromatic heterocycles. The smallest absolute Gasteiger partial charge is 0.298 e. The molecule has 23 heavy (non-hydrogen) atoms. The SMILES string of the molecule is CC#CC(=O)N1CCC(CNC(=O)c2cccc(OC)c2)CC1. The van der Waals surface area contributed by atoms with Crippen molar-refractivity contribution in [2.75, 3.05) is 26.7 Å². The third-order valence-electron chi connectivity index (χ3n) is 4.02. The van der Waals surface area contributed by atoms with Gasteiger partial charge in [0.2, 0.25) is 0 Å². The predicted molar refractivity (Wildman–Crippen MR) is 88.1 cm³/mol. The van der Waals surface area contributed by atoms with E-state index < -0.39 is 0 Å². The van der Waals surface area contributed by atoms with Crippen molar-refractivity contribution < 1.29 is 14.3 Å². The second-order valence-electron chi connectivity index (χ2n) is 5.55. The highest BCUT2D eigenvalue weighted by Gasteiger charge is 2.22. The van der Waals surface area contributed by atoms with Gasteiger partial charge in [-0.05, 0) is 49.8 Å². The molecular weight excluding hydrogens is 292 g/mol. The van der Waals surface area contributed by atoms with Crippen molar-refractivity contribution >= 4 is 11.8 Å². The van der Waals surface area contributed by atoms with Crippen LogP contribution in [0.25, 0.3) is 0 Å². The van der Waals surface area contributed by atoms with Crippen LogP contribution in [-0.2, 0) is 4.79 Å². The highest BCUT2D eigenvalue weighted by atomic mass is 16.5. The molecule has 1 saturated heterocycles. The van der Waals surface area contributed by atoms with E-state index in [2.05, 4.69) is 17.2 Å². The molecule has 1 aliphatic rings. The number of nitrogens with zero attached hydrogens (tertiary/aromatic N) is 1. The number of carbonyl (C=O) groups excluding carboxylic acids is 2. The molecule has 0 bridgehead atoms. The van der Waals surface area contributed by atoms with Gasteiger partial charge in [0.25, 0.3) is 11.8 Å². The van der Waals surface area contributed by atoms with E-state index in [1.54, 1.807) is 37.1 Å². The summed E-state index contributed by atoms with van der Waals surface area (Å²) in [6.07, 6.45) is 1.77. The number of carbonyl (C=O) groups is 2. The van der Waals surface area contributed by atoms with Gasteiger partial charge in [-0.2, -0.15) is 0 Å².